The molecule has 0 bridgehead atoms. The van der Waals surface area contributed by atoms with Crippen molar-refractivity contribution in [3.63, 3.8) is 0 Å². The summed E-state index contributed by atoms with van der Waals surface area (Å²) in [7, 11) is 0. The SMILES string of the molecule is Fc1ccc(CNC2COc3ccccc32)cc1Cl. The first-order chi connectivity index (χ1) is 9.24. The van der Waals surface area contributed by atoms with Crippen LogP contribution in [0.15, 0.2) is 42.5 Å². The molecule has 2 aromatic carbocycles. The average Bonchev–Trinajstić information content (AvgIpc) is 2.83. The Morgan fingerprint density at radius 3 is 2.95 bits per heavy atom. The molecule has 0 saturated carbocycles. The van der Waals surface area contributed by atoms with Crippen LogP contribution in [0.5, 0.6) is 5.75 Å². The molecular weight excluding hydrogens is 265 g/mol. The van der Waals surface area contributed by atoms with Gasteiger partial charge in [-0.2, -0.15) is 0 Å². The molecule has 3 rings (SSSR count). The highest BCUT2D eigenvalue weighted by Crippen LogP contribution is 2.31. The molecule has 1 unspecified atom stereocenters. The van der Waals surface area contributed by atoms with Gasteiger partial charge in [-0.25, -0.2) is 4.39 Å². The van der Waals surface area contributed by atoms with E-state index in [2.05, 4.69) is 11.4 Å². The number of hydrogen-bond donors (Lipinski definition) is 1. The van der Waals surface area contributed by atoms with Crippen LogP contribution in [-0.4, -0.2) is 6.61 Å². The topological polar surface area (TPSA) is 21.3 Å². The molecule has 19 heavy (non-hydrogen) atoms. The van der Waals surface area contributed by atoms with Gasteiger partial charge in [-0.15, -0.1) is 0 Å². The molecule has 0 saturated heterocycles. The van der Waals surface area contributed by atoms with E-state index in [1.54, 1.807) is 12.1 Å². The summed E-state index contributed by atoms with van der Waals surface area (Å²) in [6.45, 7) is 1.25. The molecule has 1 aliphatic rings. The molecule has 0 amide bonds. The molecule has 98 valence electrons. The Balaban J connectivity index is 1.69. The van der Waals surface area contributed by atoms with Gasteiger partial charge in [0.05, 0.1) is 11.1 Å². The van der Waals surface area contributed by atoms with Crippen molar-refractivity contribution in [1.82, 2.24) is 5.32 Å². The Labute approximate surface area is 116 Å². The first kappa shape index (κ1) is 12.5. The Morgan fingerprint density at radius 2 is 2.11 bits per heavy atom. The Morgan fingerprint density at radius 1 is 1.26 bits per heavy atom. The van der Waals surface area contributed by atoms with E-state index in [0.717, 1.165) is 16.9 Å². The van der Waals surface area contributed by atoms with Crippen LogP contribution in [0.25, 0.3) is 0 Å². The lowest BCUT2D eigenvalue weighted by molar-refractivity contribution is 0.310. The summed E-state index contributed by atoms with van der Waals surface area (Å²) < 4.78 is 18.7. The third-order valence-corrected chi connectivity index (χ3v) is 3.53. The van der Waals surface area contributed by atoms with Crippen molar-refractivity contribution >= 4 is 11.6 Å². The van der Waals surface area contributed by atoms with E-state index in [9.17, 15) is 4.39 Å². The third kappa shape index (κ3) is 2.57. The van der Waals surface area contributed by atoms with Crippen molar-refractivity contribution in [2.24, 2.45) is 0 Å². The summed E-state index contributed by atoms with van der Waals surface area (Å²) in [4.78, 5) is 0. The standard InChI is InChI=1S/C15H13ClFNO/c16-12-7-10(5-6-13(12)17)8-18-14-9-19-15-4-2-1-3-11(14)15/h1-7,14,18H,8-9H2. The lowest BCUT2D eigenvalue weighted by Crippen LogP contribution is -2.21. The summed E-state index contributed by atoms with van der Waals surface area (Å²) in [5.74, 6) is 0.539. The first-order valence-electron chi connectivity index (χ1n) is 6.13. The van der Waals surface area contributed by atoms with Crippen molar-refractivity contribution < 1.29 is 9.13 Å². The maximum absolute atomic E-state index is 13.1. The molecule has 4 heteroatoms. The number of fused-ring (bicyclic) bond motifs is 1. The summed E-state index contributed by atoms with van der Waals surface area (Å²) in [5.41, 5.74) is 2.12. The van der Waals surface area contributed by atoms with Crippen molar-refractivity contribution in [2.75, 3.05) is 6.61 Å². The predicted molar refractivity (Wildman–Crippen MR) is 72.9 cm³/mol. The molecule has 0 spiro atoms. The minimum Gasteiger partial charge on any atom is -0.491 e. The second-order valence-electron chi connectivity index (χ2n) is 4.53. The van der Waals surface area contributed by atoms with Gasteiger partial charge in [-0.1, -0.05) is 35.9 Å². The number of rotatable bonds is 3. The summed E-state index contributed by atoms with van der Waals surface area (Å²) in [6.07, 6.45) is 0. The van der Waals surface area contributed by atoms with Crippen LogP contribution >= 0.6 is 11.6 Å². The minimum absolute atomic E-state index is 0.155. The van der Waals surface area contributed by atoms with Crippen LogP contribution in [0, 0.1) is 5.82 Å². The van der Waals surface area contributed by atoms with E-state index in [0.29, 0.717) is 13.2 Å². The molecule has 2 aromatic rings. The highest BCUT2D eigenvalue weighted by molar-refractivity contribution is 6.30. The number of ether oxygens (including phenoxy) is 1. The third-order valence-electron chi connectivity index (χ3n) is 3.24. The Kier molecular flexibility index (Phi) is 3.40. The maximum atomic E-state index is 13.1. The van der Waals surface area contributed by atoms with Crippen LogP contribution in [0.1, 0.15) is 17.2 Å². The van der Waals surface area contributed by atoms with E-state index in [1.807, 2.05) is 18.2 Å². The van der Waals surface area contributed by atoms with Crippen LogP contribution in [-0.2, 0) is 6.54 Å². The number of nitrogens with one attached hydrogen (secondary N) is 1. The average molecular weight is 278 g/mol. The molecule has 0 aliphatic carbocycles. The molecule has 1 N–H and O–H groups in total. The van der Waals surface area contributed by atoms with Gasteiger partial charge in [0.15, 0.2) is 0 Å². The molecule has 1 atom stereocenters. The van der Waals surface area contributed by atoms with Crippen LogP contribution < -0.4 is 10.1 Å². The molecule has 2 nitrogen and oxygen atoms in total. The lowest BCUT2D eigenvalue weighted by atomic mass is 10.1. The smallest absolute Gasteiger partial charge is 0.141 e. The second kappa shape index (κ2) is 5.19. The fourth-order valence-corrected chi connectivity index (χ4v) is 2.43. The maximum Gasteiger partial charge on any atom is 0.141 e. The van der Waals surface area contributed by atoms with Crippen molar-refractivity contribution in [2.45, 2.75) is 12.6 Å². The van der Waals surface area contributed by atoms with Crippen LogP contribution in [0.2, 0.25) is 5.02 Å². The van der Waals surface area contributed by atoms with E-state index < -0.39 is 0 Å². The largest absolute Gasteiger partial charge is 0.491 e. The Hall–Kier alpha value is -1.58. The van der Waals surface area contributed by atoms with E-state index in [4.69, 9.17) is 16.3 Å². The van der Waals surface area contributed by atoms with Crippen molar-refractivity contribution in [3.05, 3.63) is 64.4 Å². The quantitative estimate of drug-likeness (QED) is 0.924. The van der Waals surface area contributed by atoms with Gasteiger partial charge in [0.25, 0.3) is 0 Å². The predicted octanol–water partition coefficient (Wildman–Crippen LogP) is 3.70. The Bertz CT molecular complexity index is 602. The highest BCUT2D eigenvalue weighted by atomic mass is 35.5. The zero-order valence-corrected chi connectivity index (χ0v) is 11.0. The minimum atomic E-state index is -0.389. The van der Waals surface area contributed by atoms with Gasteiger partial charge in [0, 0.05) is 12.1 Å². The van der Waals surface area contributed by atoms with E-state index in [-0.39, 0.29) is 16.9 Å². The molecule has 1 heterocycles. The molecular formula is C15H13ClFNO. The van der Waals surface area contributed by atoms with Crippen LogP contribution in [0.3, 0.4) is 0 Å². The number of para-hydroxylation sites is 1. The fraction of sp³-hybridized carbons (Fsp3) is 0.200. The zero-order valence-electron chi connectivity index (χ0n) is 10.2. The fourth-order valence-electron chi connectivity index (χ4n) is 2.22. The van der Waals surface area contributed by atoms with Gasteiger partial charge < -0.3 is 10.1 Å². The van der Waals surface area contributed by atoms with Gasteiger partial charge >= 0.3 is 0 Å². The van der Waals surface area contributed by atoms with Gasteiger partial charge in [-0.05, 0) is 23.8 Å². The van der Waals surface area contributed by atoms with Crippen molar-refractivity contribution in [1.29, 1.82) is 0 Å². The van der Waals surface area contributed by atoms with Crippen LogP contribution in [0.4, 0.5) is 4.39 Å². The molecule has 0 aromatic heterocycles. The number of benzene rings is 2. The van der Waals surface area contributed by atoms with Crippen molar-refractivity contribution in [3.8, 4) is 5.75 Å². The zero-order chi connectivity index (χ0) is 13.2. The van der Waals surface area contributed by atoms with E-state index in [1.165, 1.54) is 6.07 Å². The highest BCUT2D eigenvalue weighted by Gasteiger charge is 2.22. The summed E-state index contributed by atoms with van der Waals surface area (Å²) in [5, 5.41) is 3.55. The normalized spacial score (nSPS) is 17.1. The van der Waals surface area contributed by atoms with Gasteiger partial charge in [0.2, 0.25) is 0 Å². The second-order valence-corrected chi connectivity index (χ2v) is 4.94. The number of hydrogen-bond acceptors (Lipinski definition) is 2. The van der Waals surface area contributed by atoms with Gasteiger partial charge in [0.1, 0.15) is 18.2 Å². The number of halogens is 2. The summed E-state index contributed by atoms with van der Waals surface area (Å²) in [6, 6.07) is 12.9. The molecule has 1 aliphatic heterocycles. The van der Waals surface area contributed by atoms with Gasteiger partial charge in [-0.3, -0.25) is 0 Å². The first-order valence-corrected chi connectivity index (χ1v) is 6.51. The van der Waals surface area contributed by atoms with E-state index >= 15 is 0 Å². The monoisotopic (exact) mass is 277 g/mol. The lowest BCUT2D eigenvalue weighted by Gasteiger charge is -2.11. The molecule has 0 fully saturated rings. The molecule has 0 radical (unpaired) electrons. The summed E-state index contributed by atoms with van der Waals surface area (Å²) >= 11 is 5.76.